The third-order valence-corrected chi connectivity index (χ3v) is 5.09. The molecule has 0 saturated heterocycles. The van der Waals surface area contributed by atoms with E-state index in [1.54, 1.807) is 0 Å². The van der Waals surface area contributed by atoms with Crippen molar-refractivity contribution in [3.05, 3.63) is 17.6 Å². The fourth-order valence-corrected chi connectivity index (χ4v) is 3.01. The minimum Gasteiger partial charge on any atom is -0.480 e. The molecule has 2 N–H and O–H groups in total. The summed E-state index contributed by atoms with van der Waals surface area (Å²) in [6, 6.07) is 0.0377. The van der Waals surface area contributed by atoms with E-state index >= 15 is 0 Å². The summed E-state index contributed by atoms with van der Waals surface area (Å²) in [5.41, 5.74) is 0. The first-order valence-corrected chi connectivity index (χ1v) is 8.47. The predicted octanol–water partition coefficient (Wildman–Crippen LogP) is 1.07. The number of furan rings is 1. The van der Waals surface area contributed by atoms with E-state index in [9.17, 15) is 18.0 Å². The highest BCUT2D eigenvalue weighted by Gasteiger charge is 2.28. The quantitative estimate of drug-likeness (QED) is 0.762. The number of aliphatic carboxylic acids is 1. The number of carboxylic acid groups (broad SMARTS) is 1. The smallest absolute Gasteiger partial charge is 0.326 e. The van der Waals surface area contributed by atoms with Gasteiger partial charge in [-0.05, 0) is 19.3 Å². The zero-order valence-corrected chi connectivity index (χ0v) is 14.6. The lowest BCUT2D eigenvalue weighted by molar-refractivity contribution is -0.139. The van der Waals surface area contributed by atoms with Crippen molar-refractivity contribution < 1.29 is 27.5 Å². The Balaban J connectivity index is 3.04. The average Bonchev–Trinajstić information content (AvgIpc) is 2.79. The van der Waals surface area contributed by atoms with Gasteiger partial charge in [0.05, 0.1) is 0 Å². The van der Waals surface area contributed by atoms with Crippen LogP contribution in [0.5, 0.6) is 0 Å². The predicted molar refractivity (Wildman–Crippen MR) is 82.7 cm³/mol. The van der Waals surface area contributed by atoms with Crippen molar-refractivity contribution in [3.63, 3.8) is 0 Å². The van der Waals surface area contributed by atoms with Gasteiger partial charge in [0.2, 0.25) is 10.0 Å². The number of hydrogen-bond donors (Lipinski definition) is 2. The number of carbonyl (C=O) groups excluding carboxylic acids is 1. The maximum absolute atomic E-state index is 12.1. The molecule has 0 aliphatic heterocycles. The lowest BCUT2D eigenvalue weighted by Gasteiger charge is -2.15. The highest BCUT2D eigenvalue weighted by atomic mass is 32.2. The monoisotopic (exact) mass is 346 g/mol. The molecule has 8 nitrogen and oxygen atoms in total. The van der Waals surface area contributed by atoms with Crippen LogP contribution in [0, 0.1) is 12.8 Å². The van der Waals surface area contributed by atoms with E-state index in [1.165, 1.54) is 21.0 Å². The van der Waals surface area contributed by atoms with Crippen molar-refractivity contribution in [2.75, 3.05) is 14.1 Å². The number of aryl methyl sites for hydroxylation is 1. The van der Waals surface area contributed by atoms with Crippen LogP contribution < -0.4 is 5.32 Å². The average molecular weight is 346 g/mol. The molecule has 9 heteroatoms. The Labute approximate surface area is 135 Å². The molecule has 0 unspecified atom stereocenters. The Hall–Kier alpha value is -1.87. The number of rotatable bonds is 7. The maximum atomic E-state index is 12.1. The molecule has 1 amide bonds. The molecule has 130 valence electrons. The first-order valence-electron chi connectivity index (χ1n) is 7.03. The van der Waals surface area contributed by atoms with Crippen LogP contribution in [0.15, 0.2) is 15.4 Å². The summed E-state index contributed by atoms with van der Waals surface area (Å²) in [7, 11) is -1.01. The lowest BCUT2D eigenvalue weighted by atomic mass is 10.0. The van der Waals surface area contributed by atoms with Crippen molar-refractivity contribution in [1.82, 2.24) is 9.62 Å². The Morgan fingerprint density at radius 1 is 1.35 bits per heavy atom. The van der Waals surface area contributed by atoms with E-state index in [2.05, 4.69) is 5.32 Å². The second kappa shape index (κ2) is 7.14. The third kappa shape index (κ3) is 4.55. The molecule has 0 aliphatic carbocycles. The summed E-state index contributed by atoms with van der Waals surface area (Å²) in [4.78, 5) is 23.2. The van der Waals surface area contributed by atoms with Gasteiger partial charge in [-0.2, -0.15) is 0 Å². The highest BCUT2D eigenvalue weighted by molar-refractivity contribution is 7.89. The molecule has 1 aromatic heterocycles. The fourth-order valence-electron chi connectivity index (χ4n) is 1.95. The van der Waals surface area contributed by atoms with Crippen LogP contribution in [0.25, 0.3) is 0 Å². The Morgan fingerprint density at radius 3 is 2.35 bits per heavy atom. The second-order valence-corrected chi connectivity index (χ2v) is 7.93. The van der Waals surface area contributed by atoms with Crippen LogP contribution in [0.3, 0.4) is 0 Å². The molecule has 0 spiro atoms. The molecule has 23 heavy (non-hydrogen) atoms. The summed E-state index contributed by atoms with van der Waals surface area (Å²) >= 11 is 0. The molecule has 1 heterocycles. The molecule has 0 aliphatic rings. The van der Waals surface area contributed by atoms with Gasteiger partial charge in [0, 0.05) is 20.2 Å². The van der Waals surface area contributed by atoms with Gasteiger partial charge in [-0.3, -0.25) is 4.79 Å². The highest BCUT2D eigenvalue weighted by Crippen LogP contribution is 2.22. The van der Waals surface area contributed by atoms with E-state index in [0.29, 0.717) is 0 Å². The van der Waals surface area contributed by atoms with Crippen molar-refractivity contribution in [3.8, 4) is 0 Å². The van der Waals surface area contributed by atoms with Crippen LogP contribution in [0.1, 0.15) is 36.6 Å². The van der Waals surface area contributed by atoms with E-state index in [1.807, 2.05) is 13.8 Å². The summed E-state index contributed by atoms with van der Waals surface area (Å²) in [5, 5.41) is 11.5. The Kier molecular flexibility index (Phi) is 5.95. The van der Waals surface area contributed by atoms with Gasteiger partial charge < -0.3 is 14.8 Å². The molecule has 0 bridgehead atoms. The largest absolute Gasteiger partial charge is 0.480 e. The molecule has 1 rings (SSSR count). The van der Waals surface area contributed by atoms with Crippen LogP contribution in [-0.4, -0.2) is 49.8 Å². The lowest BCUT2D eigenvalue weighted by Crippen LogP contribution is -2.41. The van der Waals surface area contributed by atoms with Crippen molar-refractivity contribution in [2.45, 2.75) is 38.1 Å². The van der Waals surface area contributed by atoms with Crippen LogP contribution in [-0.2, 0) is 14.8 Å². The molecule has 1 aromatic rings. The number of sulfonamides is 1. The zero-order chi connectivity index (χ0) is 17.9. The fraction of sp³-hybridized carbons (Fsp3) is 0.571. The molecule has 0 aromatic carbocycles. The van der Waals surface area contributed by atoms with Crippen molar-refractivity contribution >= 4 is 21.9 Å². The number of carbonyl (C=O) groups is 2. The molecule has 0 fully saturated rings. The first-order chi connectivity index (χ1) is 10.5. The molecule has 0 saturated carbocycles. The molecule has 1 atom stereocenters. The van der Waals surface area contributed by atoms with Gasteiger partial charge in [-0.1, -0.05) is 13.8 Å². The summed E-state index contributed by atoms with van der Waals surface area (Å²) < 4.78 is 30.4. The second-order valence-electron chi connectivity index (χ2n) is 5.81. The number of carboxylic acids is 1. The molecule has 0 radical (unpaired) electrons. The van der Waals surface area contributed by atoms with E-state index < -0.39 is 27.9 Å². The SMILES string of the molecule is Cc1oc(C(=O)N[C@H](CC(C)C)C(=O)O)cc1S(=O)(=O)N(C)C. The van der Waals surface area contributed by atoms with E-state index in [0.717, 1.165) is 10.4 Å². The summed E-state index contributed by atoms with van der Waals surface area (Å²) in [6.45, 7) is 5.09. The van der Waals surface area contributed by atoms with Gasteiger partial charge in [-0.15, -0.1) is 0 Å². The van der Waals surface area contributed by atoms with Crippen molar-refractivity contribution in [2.24, 2.45) is 5.92 Å². The summed E-state index contributed by atoms with van der Waals surface area (Å²) in [5.74, 6) is -2.02. The van der Waals surface area contributed by atoms with Crippen LogP contribution >= 0.6 is 0 Å². The number of nitrogens with zero attached hydrogens (tertiary/aromatic N) is 1. The van der Waals surface area contributed by atoms with Gasteiger partial charge in [-0.25, -0.2) is 17.5 Å². The van der Waals surface area contributed by atoms with Gasteiger partial charge >= 0.3 is 5.97 Å². The van der Waals surface area contributed by atoms with Crippen LogP contribution in [0.4, 0.5) is 0 Å². The Morgan fingerprint density at radius 2 is 1.91 bits per heavy atom. The number of nitrogens with one attached hydrogen (secondary N) is 1. The third-order valence-electron chi connectivity index (χ3n) is 3.17. The van der Waals surface area contributed by atoms with Crippen molar-refractivity contribution in [1.29, 1.82) is 0 Å². The van der Waals surface area contributed by atoms with Gasteiger partial charge in [0.25, 0.3) is 5.91 Å². The van der Waals surface area contributed by atoms with Gasteiger partial charge in [0.15, 0.2) is 5.76 Å². The number of hydrogen-bond acceptors (Lipinski definition) is 5. The Bertz CT molecular complexity index is 690. The standard InChI is InChI=1S/C14H22N2O6S/c1-8(2)6-10(14(18)19)15-13(17)11-7-12(9(3)22-11)23(20,21)16(4)5/h7-8,10H,6H2,1-5H3,(H,15,17)(H,18,19)/t10-/m1/s1. The number of amides is 1. The van der Waals surface area contributed by atoms with Crippen LogP contribution in [0.2, 0.25) is 0 Å². The molecular weight excluding hydrogens is 324 g/mol. The summed E-state index contributed by atoms with van der Waals surface area (Å²) in [6.07, 6.45) is 0.254. The normalized spacial score (nSPS) is 13.3. The van der Waals surface area contributed by atoms with E-state index in [4.69, 9.17) is 9.52 Å². The zero-order valence-electron chi connectivity index (χ0n) is 13.8. The maximum Gasteiger partial charge on any atom is 0.326 e. The topological polar surface area (TPSA) is 117 Å². The van der Waals surface area contributed by atoms with Gasteiger partial charge in [0.1, 0.15) is 16.7 Å². The first kappa shape index (κ1) is 19.2. The minimum absolute atomic E-state index is 0.0689. The molecular formula is C14H22N2O6S. The van der Waals surface area contributed by atoms with E-state index in [-0.39, 0.29) is 28.8 Å². The minimum atomic E-state index is -3.74.